The van der Waals surface area contributed by atoms with E-state index in [1.807, 2.05) is 101 Å². The lowest BCUT2D eigenvalue weighted by Crippen LogP contribution is -2.74. The molecule has 0 saturated heterocycles. The summed E-state index contributed by atoms with van der Waals surface area (Å²) in [6.07, 6.45) is -1.22. The molecule has 0 amide bonds. The average Bonchev–Trinajstić information content (AvgIpc) is 3.64. The molecule has 0 aliphatic heterocycles. The lowest BCUT2D eigenvalue weighted by Gasteiger charge is -2.44. The van der Waals surface area contributed by atoms with E-state index >= 15 is 0 Å². The number of hydrogen-bond donors (Lipinski definition) is 0. The molecule has 1 heterocycles. The van der Waals surface area contributed by atoms with Gasteiger partial charge in [-0.1, -0.05) is 176 Å². The standard InChI is InChI=1S/C24H20B.C19H15N4/c1-5-13-21(14-6-1)25(22-15-7-2-8-16-22,23-17-9-3-10-18-23)24-19-11-4-12-20-24;1-4-10-16(11-5-1)19-20-22(17-12-6-2-7-13-17)23(21-19)18-14-8-3-9-15-18/h1-20H;1-15H/q-1;+1. The van der Waals surface area contributed by atoms with Crippen LogP contribution in [0.1, 0.15) is 0 Å². The lowest BCUT2D eigenvalue weighted by atomic mass is 9.13. The summed E-state index contributed by atoms with van der Waals surface area (Å²) in [5.41, 5.74) is 8.28. The Labute approximate surface area is 282 Å². The van der Waals surface area contributed by atoms with E-state index in [4.69, 9.17) is 10.2 Å². The maximum absolute atomic E-state index is 4.70. The zero-order valence-electron chi connectivity index (χ0n) is 26.6. The Morgan fingerprint density at radius 2 is 0.708 bits per heavy atom. The molecule has 0 spiro atoms. The second-order valence-corrected chi connectivity index (χ2v) is 11.6. The fourth-order valence-electron chi connectivity index (χ4n) is 6.57. The molecule has 0 bridgehead atoms. The van der Waals surface area contributed by atoms with Gasteiger partial charge in [-0.3, -0.25) is 0 Å². The Balaban J connectivity index is 0.000000152. The van der Waals surface area contributed by atoms with Crippen molar-refractivity contribution in [3.05, 3.63) is 212 Å². The van der Waals surface area contributed by atoms with Gasteiger partial charge < -0.3 is 0 Å². The van der Waals surface area contributed by atoms with Crippen molar-refractivity contribution >= 4 is 28.0 Å². The minimum Gasteiger partial charge on any atom is -0.195 e. The first-order chi connectivity index (χ1) is 23.8. The first-order valence-corrected chi connectivity index (χ1v) is 16.3. The Morgan fingerprint density at radius 3 is 1.10 bits per heavy atom. The molecule has 7 aromatic carbocycles. The number of tetrazole rings is 1. The molecule has 0 unspecified atom stereocenters. The third-order valence-corrected chi connectivity index (χ3v) is 8.76. The molecule has 8 aromatic rings. The molecule has 230 valence electrons. The van der Waals surface area contributed by atoms with Crippen LogP contribution in [0.5, 0.6) is 0 Å². The molecule has 0 radical (unpaired) electrons. The first-order valence-electron chi connectivity index (χ1n) is 16.3. The van der Waals surface area contributed by atoms with Gasteiger partial charge in [-0.15, -0.1) is 0 Å². The molecular formula is C43H35BN4. The van der Waals surface area contributed by atoms with Crippen LogP contribution in [0.4, 0.5) is 0 Å². The number of nitrogens with zero attached hydrogens (tertiary/aromatic N) is 4. The van der Waals surface area contributed by atoms with Crippen molar-refractivity contribution in [2.45, 2.75) is 0 Å². The van der Waals surface area contributed by atoms with Crippen molar-refractivity contribution in [3.8, 4) is 22.8 Å². The van der Waals surface area contributed by atoms with Crippen molar-refractivity contribution < 1.29 is 4.80 Å². The van der Waals surface area contributed by atoms with Crippen LogP contribution in [-0.4, -0.2) is 21.1 Å². The van der Waals surface area contributed by atoms with Gasteiger partial charge in [-0.25, -0.2) is 0 Å². The average molecular weight is 619 g/mol. The van der Waals surface area contributed by atoms with Crippen LogP contribution in [-0.2, 0) is 0 Å². The number of hydrogen-bond acceptors (Lipinski definition) is 2. The van der Waals surface area contributed by atoms with Crippen LogP contribution in [0.2, 0.25) is 0 Å². The second kappa shape index (κ2) is 14.4. The minimum atomic E-state index is -1.22. The van der Waals surface area contributed by atoms with Gasteiger partial charge in [0.25, 0.3) is 0 Å². The zero-order valence-corrected chi connectivity index (χ0v) is 26.6. The largest absolute Gasteiger partial charge is 0.340 e. The maximum Gasteiger partial charge on any atom is 0.340 e. The molecule has 1 aromatic heterocycles. The summed E-state index contributed by atoms with van der Waals surface area (Å²) in [5.74, 6) is 0.693. The Hall–Kier alpha value is -6.33. The van der Waals surface area contributed by atoms with Crippen molar-refractivity contribution in [2.24, 2.45) is 0 Å². The summed E-state index contributed by atoms with van der Waals surface area (Å²) >= 11 is 0. The van der Waals surface area contributed by atoms with Crippen molar-refractivity contribution in [3.63, 3.8) is 0 Å². The molecule has 5 heteroatoms. The molecular weight excluding hydrogens is 583 g/mol. The smallest absolute Gasteiger partial charge is 0.195 e. The van der Waals surface area contributed by atoms with Gasteiger partial charge in [0.05, 0.1) is 10.7 Å². The fourth-order valence-corrected chi connectivity index (χ4v) is 6.57. The van der Waals surface area contributed by atoms with Crippen LogP contribution in [0, 0.1) is 0 Å². The predicted molar refractivity (Wildman–Crippen MR) is 198 cm³/mol. The number of benzene rings is 7. The van der Waals surface area contributed by atoms with Gasteiger partial charge in [-0.05, 0) is 46.3 Å². The van der Waals surface area contributed by atoms with Gasteiger partial charge in [0.15, 0.2) is 5.69 Å². The minimum absolute atomic E-state index is 0.693. The number of aromatic nitrogens is 4. The molecule has 0 aliphatic rings. The Bertz CT molecular complexity index is 1920. The van der Waals surface area contributed by atoms with Crippen molar-refractivity contribution in [2.75, 3.05) is 0 Å². The highest BCUT2D eigenvalue weighted by molar-refractivity contribution is 7.19. The van der Waals surface area contributed by atoms with E-state index in [0.717, 1.165) is 16.9 Å². The van der Waals surface area contributed by atoms with E-state index in [1.54, 1.807) is 0 Å². The van der Waals surface area contributed by atoms with E-state index < -0.39 is 6.15 Å². The summed E-state index contributed by atoms with van der Waals surface area (Å²) in [6.45, 7) is 0. The first kappa shape index (κ1) is 30.3. The van der Waals surface area contributed by atoms with Gasteiger partial charge in [0, 0.05) is 4.80 Å². The van der Waals surface area contributed by atoms with E-state index in [-0.39, 0.29) is 0 Å². The molecule has 0 aliphatic carbocycles. The Kier molecular flexibility index (Phi) is 9.10. The summed E-state index contributed by atoms with van der Waals surface area (Å²) < 4.78 is 0. The second-order valence-electron chi connectivity index (χ2n) is 11.6. The zero-order chi connectivity index (χ0) is 32.4. The molecule has 0 fully saturated rings. The highest BCUT2D eigenvalue weighted by Gasteiger charge is 2.31. The Morgan fingerprint density at radius 1 is 0.375 bits per heavy atom. The van der Waals surface area contributed by atoms with Gasteiger partial charge in [-0.2, -0.15) is 21.9 Å². The van der Waals surface area contributed by atoms with Crippen molar-refractivity contribution in [1.29, 1.82) is 0 Å². The molecule has 8 rings (SSSR count). The highest BCUT2D eigenvalue weighted by Crippen LogP contribution is 2.14. The topological polar surface area (TPSA) is 34.6 Å². The van der Waals surface area contributed by atoms with Crippen LogP contribution in [0.3, 0.4) is 0 Å². The predicted octanol–water partition coefficient (Wildman–Crippen LogP) is 6.28. The third-order valence-electron chi connectivity index (χ3n) is 8.76. The van der Waals surface area contributed by atoms with E-state index in [0.29, 0.717) is 5.82 Å². The summed E-state index contributed by atoms with van der Waals surface area (Å²) in [5, 5.41) is 9.39. The quantitative estimate of drug-likeness (QED) is 0.156. The van der Waals surface area contributed by atoms with Gasteiger partial charge >= 0.3 is 5.82 Å². The molecule has 0 atom stereocenters. The summed E-state index contributed by atoms with van der Waals surface area (Å²) in [4.78, 5) is 3.63. The fraction of sp³-hybridized carbons (Fsp3) is 0. The number of rotatable bonds is 7. The van der Waals surface area contributed by atoms with E-state index in [1.165, 1.54) is 21.9 Å². The summed E-state index contributed by atoms with van der Waals surface area (Å²) in [7, 11) is 0. The van der Waals surface area contributed by atoms with Crippen LogP contribution in [0.15, 0.2) is 212 Å². The normalized spacial score (nSPS) is 10.9. The molecule has 0 N–H and O–H groups in total. The number of para-hydroxylation sites is 2. The van der Waals surface area contributed by atoms with Gasteiger partial charge in [0.1, 0.15) is 11.8 Å². The maximum atomic E-state index is 4.70. The van der Waals surface area contributed by atoms with Crippen LogP contribution >= 0.6 is 0 Å². The van der Waals surface area contributed by atoms with E-state index in [9.17, 15) is 0 Å². The SMILES string of the molecule is c1ccc(-c2nn(-c3ccccc3)[n+](-c3ccccc3)n2)cc1.c1ccc([B-](c2ccccc2)(c2ccccc2)c2ccccc2)cc1. The van der Waals surface area contributed by atoms with Gasteiger partial charge in [0.2, 0.25) is 0 Å². The summed E-state index contributed by atoms with van der Waals surface area (Å²) in [6, 6.07) is 73.6. The highest BCUT2D eigenvalue weighted by atomic mass is 15.7. The lowest BCUT2D eigenvalue weighted by molar-refractivity contribution is -0.734. The van der Waals surface area contributed by atoms with E-state index in [2.05, 4.69) is 121 Å². The molecule has 0 saturated carbocycles. The molecule has 4 nitrogen and oxygen atoms in total. The van der Waals surface area contributed by atoms with Crippen LogP contribution < -0.4 is 26.6 Å². The molecule has 48 heavy (non-hydrogen) atoms. The van der Waals surface area contributed by atoms with Crippen LogP contribution in [0.25, 0.3) is 22.8 Å². The van der Waals surface area contributed by atoms with Crippen molar-refractivity contribution in [1.82, 2.24) is 15.0 Å². The third kappa shape index (κ3) is 6.22. The monoisotopic (exact) mass is 618 g/mol.